The lowest BCUT2D eigenvalue weighted by molar-refractivity contribution is -0.146. The number of ether oxygens (including phenoxy) is 1. The van der Waals surface area contributed by atoms with Crippen LogP contribution in [-0.4, -0.2) is 25.0 Å². The molecule has 0 aromatic carbocycles. The second kappa shape index (κ2) is 7.65. The minimum atomic E-state index is -0.516. The first-order valence-electron chi connectivity index (χ1n) is 7.78. The molecule has 1 amide bonds. The molecule has 1 saturated carbocycles. The van der Waals surface area contributed by atoms with Crippen LogP contribution >= 0.6 is 0 Å². The van der Waals surface area contributed by atoms with E-state index in [0.717, 1.165) is 12.8 Å². The summed E-state index contributed by atoms with van der Waals surface area (Å²) < 4.78 is 4.73. The Hall–Kier alpha value is -1.06. The van der Waals surface area contributed by atoms with E-state index in [2.05, 4.69) is 26.1 Å². The van der Waals surface area contributed by atoms with E-state index in [1.54, 1.807) is 0 Å². The molecule has 0 aromatic heterocycles. The third-order valence-corrected chi connectivity index (χ3v) is 4.57. The summed E-state index contributed by atoms with van der Waals surface area (Å²) in [7, 11) is 1.36. The number of rotatable bonds is 5. The van der Waals surface area contributed by atoms with Gasteiger partial charge in [-0.15, -0.1) is 0 Å². The molecular weight excluding hydrogens is 254 g/mol. The van der Waals surface area contributed by atoms with E-state index in [1.165, 1.54) is 13.5 Å². The molecule has 0 bridgehead atoms. The molecule has 0 heterocycles. The largest absolute Gasteiger partial charge is 0.467 e. The molecule has 1 fully saturated rings. The summed E-state index contributed by atoms with van der Waals surface area (Å²) in [6, 6.07) is -0.516. The van der Waals surface area contributed by atoms with Crippen LogP contribution in [0.1, 0.15) is 53.4 Å². The number of nitrogens with one attached hydrogen (secondary N) is 1. The van der Waals surface area contributed by atoms with Gasteiger partial charge in [-0.05, 0) is 37.0 Å². The Morgan fingerprint density at radius 1 is 1.30 bits per heavy atom. The van der Waals surface area contributed by atoms with Gasteiger partial charge in [0.15, 0.2) is 0 Å². The van der Waals surface area contributed by atoms with Crippen molar-refractivity contribution in [3.63, 3.8) is 0 Å². The minimum absolute atomic E-state index is 0.0208. The predicted molar refractivity (Wildman–Crippen MR) is 79.1 cm³/mol. The van der Waals surface area contributed by atoms with Gasteiger partial charge in [0.2, 0.25) is 5.91 Å². The monoisotopic (exact) mass is 283 g/mol. The van der Waals surface area contributed by atoms with Crippen LogP contribution in [0.15, 0.2) is 0 Å². The van der Waals surface area contributed by atoms with Gasteiger partial charge in [0.05, 0.1) is 7.11 Å². The van der Waals surface area contributed by atoms with E-state index in [9.17, 15) is 9.59 Å². The highest BCUT2D eigenvalue weighted by Gasteiger charge is 2.36. The number of carbonyl (C=O) groups excluding carboxylic acids is 2. The van der Waals surface area contributed by atoms with E-state index in [0.29, 0.717) is 24.2 Å². The summed E-state index contributed by atoms with van der Waals surface area (Å²) in [5.41, 5.74) is 0. The quantitative estimate of drug-likeness (QED) is 0.789. The number of amides is 1. The van der Waals surface area contributed by atoms with E-state index in [4.69, 9.17) is 4.74 Å². The normalized spacial score (nSPS) is 28.0. The third kappa shape index (κ3) is 4.22. The fourth-order valence-corrected chi connectivity index (χ4v) is 3.25. The molecule has 4 atom stereocenters. The molecule has 0 aromatic rings. The average Bonchev–Trinajstić information content (AvgIpc) is 2.43. The molecule has 20 heavy (non-hydrogen) atoms. The molecule has 0 saturated heterocycles. The Balaban J connectivity index is 2.73. The Labute approximate surface area is 122 Å². The van der Waals surface area contributed by atoms with Crippen LogP contribution < -0.4 is 5.32 Å². The van der Waals surface area contributed by atoms with Crippen molar-refractivity contribution in [3.05, 3.63) is 0 Å². The molecule has 1 rings (SSSR count). The molecular formula is C16H29NO3. The Kier molecular flexibility index (Phi) is 6.50. The standard InChI is InChI=1S/C16H29NO3/c1-6-14(16(19)20-5)17-15(18)13-9-11(4)7-8-12(13)10(2)3/h10-14H,6-9H2,1-5H3,(H,17,18)/t11-,12+,13-,14?/m1/s1. The average molecular weight is 283 g/mol. The van der Waals surface area contributed by atoms with Crippen LogP contribution in [0.25, 0.3) is 0 Å². The fourth-order valence-electron chi connectivity index (χ4n) is 3.25. The van der Waals surface area contributed by atoms with Crippen LogP contribution in [0.5, 0.6) is 0 Å². The van der Waals surface area contributed by atoms with Crippen LogP contribution in [-0.2, 0) is 14.3 Å². The minimum Gasteiger partial charge on any atom is -0.467 e. The smallest absolute Gasteiger partial charge is 0.328 e. The van der Waals surface area contributed by atoms with Gasteiger partial charge in [-0.2, -0.15) is 0 Å². The molecule has 4 heteroatoms. The lowest BCUT2D eigenvalue weighted by atomic mass is 9.69. The summed E-state index contributed by atoms with van der Waals surface area (Å²) in [5.74, 6) is 1.19. The molecule has 0 radical (unpaired) electrons. The molecule has 1 unspecified atom stereocenters. The number of carbonyl (C=O) groups is 2. The van der Waals surface area contributed by atoms with Crippen molar-refractivity contribution in [2.24, 2.45) is 23.7 Å². The van der Waals surface area contributed by atoms with Gasteiger partial charge in [0, 0.05) is 5.92 Å². The van der Waals surface area contributed by atoms with Gasteiger partial charge in [-0.25, -0.2) is 4.79 Å². The van der Waals surface area contributed by atoms with E-state index in [1.807, 2.05) is 6.92 Å². The van der Waals surface area contributed by atoms with Crippen molar-refractivity contribution < 1.29 is 14.3 Å². The maximum Gasteiger partial charge on any atom is 0.328 e. The predicted octanol–water partition coefficient (Wildman–Crippen LogP) is 2.76. The van der Waals surface area contributed by atoms with Crippen molar-refractivity contribution in [3.8, 4) is 0 Å². The molecule has 4 nitrogen and oxygen atoms in total. The number of hydrogen-bond acceptors (Lipinski definition) is 3. The van der Waals surface area contributed by atoms with Crippen molar-refractivity contribution >= 4 is 11.9 Å². The highest BCUT2D eigenvalue weighted by molar-refractivity contribution is 5.85. The Morgan fingerprint density at radius 3 is 2.45 bits per heavy atom. The second-order valence-electron chi connectivity index (χ2n) is 6.43. The van der Waals surface area contributed by atoms with Crippen molar-refractivity contribution in [1.29, 1.82) is 0 Å². The van der Waals surface area contributed by atoms with Gasteiger partial charge >= 0.3 is 5.97 Å². The highest BCUT2D eigenvalue weighted by atomic mass is 16.5. The Morgan fingerprint density at radius 2 is 1.95 bits per heavy atom. The van der Waals surface area contributed by atoms with Gasteiger partial charge in [-0.1, -0.05) is 34.1 Å². The Bertz CT molecular complexity index is 341. The zero-order valence-electron chi connectivity index (χ0n) is 13.4. The first kappa shape index (κ1) is 17.0. The summed E-state index contributed by atoms with van der Waals surface area (Å²) in [4.78, 5) is 24.1. The van der Waals surface area contributed by atoms with Crippen molar-refractivity contribution in [1.82, 2.24) is 5.32 Å². The molecule has 0 spiro atoms. The van der Waals surface area contributed by atoms with E-state index >= 15 is 0 Å². The maximum atomic E-state index is 12.5. The third-order valence-electron chi connectivity index (χ3n) is 4.57. The zero-order valence-corrected chi connectivity index (χ0v) is 13.4. The number of methoxy groups -OCH3 is 1. The van der Waals surface area contributed by atoms with Gasteiger partial charge in [-0.3, -0.25) is 4.79 Å². The number of esters is 1. The topological polar surface area (TPSA) is 55.4 Å². The fraction of sp³-hybridized carbons (Fsp3) is 0.875. The van der Waals surface area contributed by atoms with Crippen LogP contribution in [0.3, 0.4) is 0 Å². The molecule has 116 valence electrons. The van der Waals surface area contributed by atoms with Crippen molar-refractivity contribution in [2.45, 2.75) is 59.4 Å². The van der Waals surface area contributed by atoms with Gasteiger partial charge in [0.25, 0.3) is 0 Å². The van der Waals surface area contributed by atoms with E-state index < -0.39 is 6.04 Å². The summed E-state index contributed by atoms with van der Waals surface area (Å²) in [6.45, 7) is 8.44. The molecule has 1 aliphatic rings. The maximum absolute atomic E-state index is 12.5. The van der Waals surface area contributed by atoms with Crippen LogP contribution in [0, 0.1) is 23.7 Å². The zero-order chi connectivity index (χ0) is 15.3. The van der Waals surface area contributed by atoms with Crippen molar-refractivity contribution in [2.75, 3.05) is 7.11 Å². The highest BCUT2D eigenvalue weighted by Crippen LogP contribution is 2.38. The first-order chi connectivity index (χ1) is 9.40. The summed E-state index contributed by atoms with van der Waals surface area (Å²) in [6.07, 6.45) is 3.78. The summed E-state index contributed by atoms with van der Waals surface area (Å²) >= 11 is 0. The lowest BCUT2D eigenvalue weighted by Gasteiger charge is -2.36. The molecule has 1 N–H and O–H groups in total. The van der Waals surface area contributed by atoms with Crippen LogP contribution in [0.2, 0.25) is 0 Å². The lowest BCUT2D eigenvalue weighted by Crippen LogP contribution is -2.47. The van der Waals surface area contributed by atoms with E-state index in [-0.39, 0.29) is 17.8 Å². The second-order valence-corrected chi connectivity index (χ2v) is 6.43. The van der Waals surface area contributed by atoms with Crippen LogP contribution in [0.4, 0.5) is 0 Å². The van der Waals surface area contributed by atoms with Gasteiger partial charge in [0.1, 0.15) is 6.04 Å². The first-order valence-corrected chi connectivity index (χ1v) is 7.78. The number of hydrogen-bond donors (Lipinski definition) is 1. The SMILES string of the molecule is CCC(NC(=O)[C@@H]1C[C@H](C)CC[C@H]1C(C)C)C(=O)OC. The molecule has 0 aliphatic heterocycles. The molecule has 1 aliphatic carbocycles. The van der Waals surface area contributed by atoms with Gasteiger partial charge < -0.3 is 10.1 Å². The summed E-state index contributed by atoms with van der Waals surface area (Å²) in [5, 5.41) is 2.88.